The summed E-state index contributed by atoms with van der Waals surface area (Å²) in [5, 5.41) is 7.76. The molecule has 0 bridgehead atoms. The van der Waals surface area contributed by atoms with Gasteiger partial charge in [0.15, 0.2) is 5.82 Å². The molecule has 0 aliphatic heterocycles. The number of rotatable bonds is 8. The molecule has 0 spiro atoms. The fraction of sp³-hybridized carbons (Fsp3) is 0.0345. The van der Waals surface area contributed by atoms with Crippen molar-refractivity contribution in [3.63, 3.8) is 0 Å². The number of para-hydroxylation sites is 1. The summed E-state index contributed by atoms with van der Waals surface area (Å²) in [7, 11) is 0. The van der Waals surface area contributed by atoms with E-state index in [0.29, 0.717) is 5.82 Å². The molecule has 0 unspecified atom stereocenters. The molecule has 0 N–H and O–H groups in total. The molecule has 0 radical (unpaired) electrons. The van der Waals surface area contributed by atoms with Crippen LogP contribution in [0.1, 0.15) is 24.1 Å². The molecule has 1 aliphatic rings. The summed E-state index contributed by atoms with van der Waals surface area (Å²) in [4.78, 5) is 10.7. The van der Waals surface area contributed by atoms with Crippen LogP contribution < -0.4 is 0 Å². The summed E-state index contributed by atoms with van der Waals surface area (Å²) in [5.41, 5.74) is 12.4. The number of fused-ring (bicyclic) bond motifs is 11. The maximum Gasteiger partial charge on any atom is 0.160 e. The smallest absolute Gasteiger partial charge is 0.160 e. The molecule has 0 amide bonds. The number of hydrogen-bond donors (Lipinski definition) is 0. The van der Waals surface area contributed by atoms with Gasteiger partial charge in [0.1, 0.15) is 0 Å². The summed E-state index contributed by atoms with van der Waals surface area (Å²) >= 11 is 3.80. The van der Waals surface area contributed by atoms with E-state index in [1.165, 1.54) is 51.1 Å². The molecule has 12 rings (SSSR count). The molecule has 63 heavy (non-hydrogen) atoms. The molecular weight excluding hydrogens is 803 g/mol. The zero-order chi connectivity index (χ0) is 42.0. The molecule has 3 nitrogen and oxygen atoms in total. The maximum atomic E-state index is 5.34. The molecule has 4 heterocycles. The largest absolute Gasteiger partial charge is 0.308 e. The van der Waals surface area contributed by atoms with Gasteiger partial charge in [0.25, 0.3) is 0 Å². The van der Waals surface area contributed by atoms with Crippen LogP contribution >= 0.6 is 22.7 Å². The Kier molecular flexibility index (Phi) is 8.99. The fourth-order valence-corrected chi connectivity index (χ4v) is 12.1. The van der Waals surface area contributed by atoms with Gasteiger partial charge in [-0.1, -0.05) is 159 Å². The van der Waals surface area contributed by atoms with Crippen molar-refractivity contribution in [1.29, 1.82) is 0 Å². The highest BCUT2D eigenvalue weighted by Gasteiger charge is 2.25. The lowest BCUT2D eigenvalue weighted by Gasteiger charge is -2.21. The minimum absolute atomic E-state index is 0.666. The minimum Gasteiger partial charge on any atom is -0.308 e. The first kappa shape index (κ1) is 37.3. The zero-order valence-electron chi connectivity index (χ0n) is 34.4. The van der Waals surface area contributed by atoms with Crippen LogP contribution in [0, 0.1) is 0 Å². The maximum absolute atomic E-state index is 5.34. The molecule has 5 heteroatoms. The first-order valence-electron chi connectivity index (χ1n) is 21.4. The number of allylic oxidation sites excluding steroid dienone is 8. The van der Waals surface area contributed by atoms with E-state index < -0.39 is 0 Å². The zero-order valence-corrected chi connectivity index (χ0v) is 36.0. The molecule has 0 atom stereocenters. The third-order valence-corrected chi connectivity index (χ3v) is 14.8. The van der Waals surface area contributed by atoms with Gasteiger partial charge < -0.3 is 4.57 Å². The summed E-state index contributed by atoms with van der Waals surface area (Å²) < 4.78 is 7.78. The lowest BCUT2D eigenvalue weighted by Crippen LogP contribution is -2.05. The Labute approximate surface area is 373 Å². The van der Waals surface area contributed by atoms with E-state index in [0.717, 1.165) is 79.9 Å². The minimum atomic E-state index is 0.666. The molecule has 0 fully saturated rings. The van der Waals surface area contributed by atoms with Crippen molar-refractivity contribution in [3.8, 4) is 39.5 Å². The third kappa shape index (κ3) is 6.07. The number of nitrogens with zero attached hydrogens (tertiary/aromatic N) is 3. The van der Waals surface area contributed by atoms with Crippen LogP contribution in [0.5, 0.6) is 0 Å². The van der Waals surface area contributed by atoms with Crippen LogP contribution in [0.15, 0.2) is 201 Å². The van der Waals surface area contributed by atoms with Gasteiger partial charge >= 0.3 is 0 Å². The van der Waals surface area contributed by atoms with Crippen LogP contribution in [-0.2, 0) is 0 Å². The predicted octanol–water partition coefficient (Wildman–Crippen LogP) is 16.8. The Hall–Kier alpha value is -7.44. The Morgan fingerprint density at radius 2 is 1.29 bits per heavy atom. The molecule has 1 aliphatic carbocycles. The highest BCUT2D eigenvalue weighted by molar-refractivity contribution is 7.30. The van der Waals surface area contributed by atoms with Crippen LogP contribution in [-0.4, -0.2) is 14.5 Å². The highest BCUT2D eigenvalue weighted by atomic mass is 32.1. The van der Waals surface area contributed by atoms with Crippen LogP contribution in [0.2, 0.25) is 0 Å². The number of aromatic nitrogens is 3. The van der Waals surface area contributed by atoms with Gasteiger partial charge in [0.05, 0.1) is 28.1 Å². The normalized spacial score (nSPS) is 13.2. The number of benzene rings is 7. The first-order valence-corrected chi connectivity index (χ1v) is 23.0. The Bertz CT molecular complexity index is 3760. The molecule has 0 saturated carbocycles. The van der Waals surface area contributed by atoms with Crippen molar-refractivity contribution in [1.82, 2.24) is 14.5 Å². The predicted molar refractivity (Wildman–Crippen MR) is 273 cm³/mol. The van der Waals surface area contributed by atoms with Crippen LogP contribution in [0.4, 0.5) is 0 Å². The second-order valence-corrected chi connectivity index (χ2v) is 18.1. The summed E-state index contributed by atoms with van der Waals surface area (Å²) in [5.74, 6) is 0.666. The summed E-state index contributed by atoms with van der Waals surface area (Å²) in [6.07, 6.45) is 14.6. The van der Waals surface area contributed by atoms with E-state index in [1.807, 2.05) is 40.9 Å². The SMILES string of the molecule is C=C/C=C(\C=C)c1cc(-c2nc(C3=CCCC=C3)cc(-c3ccccc3)n2)cc(-c2ccccc2)c1-n1c2ccccc2c2c3sc4c(ccc5sc6ccccc6c54)c3ccc21. The van der Waals surface area contributed by atoms with Crippen molar-refractivity contribution < 1.29 is 0 Å². The molecular formula is C58H39N3S2. The Balaban J connectivity index is 1.19. The van der Waals surface area contributed by atoms with Gasteiger partial charge in [0, 0.05) is 73.4 Å². The Morgan fingerprint density at radius 3 is 2.06 bits per heavy atom. The average molecular weight is 842 g/mol. The van der Waals surface area contributed by atoms with E-state index >= 15 is 0 Å². The lowest BCUT2D eigenvalue weighted by molar-refractivity contribution is 1.03. The van der Waals surface area contributed by atoms with Crippen molar-refractivity contribution >= 4 is 96.0 Å². The summed E-state index contributed by atoms with van der Waals surface area (Å²) in [6, 6.07) is 54.8. The lowest BCUT2D eigenvalue weighted by atomic mass is 9.92. The quantitative estimate of drug-likeness (QED) is 0.143. The van der Waals surface area contributed by atoms with Gasteiger partial charge in [-0.3, -0.25) is 0 Å². The van der Waals surface area contributed by atoms with Gasteiger partial charge in [-0.25, -0.2) is 9.97 Å². The highest BCUT2D eigenvalue weighted by Crippen LogP contribution is 2.49. The van der Waals surface area contributed by atoms with E-state index in [9.17, 15) is 0 Å². The summed E-state index contributed by atoms with van der Waals surface area (Å²) in [6.45, 7) is 8.54. The van der Waals surface area contributed by atoms with Gasteiger partial charge in [-0.05, 0) is 72.0 Å². The molecule has 7 aromatic carbocycles. The second-order valence-electron chi connectivity index (χ2n) is 16.0. The first-order chi connectivity index (χ1) is 31.2. The topological polar surface area (TPSA) is 30.7 Å². The van der Waals surface area contributed by atoms with Crippen molar-refractivity contribution in [2.24, 2.45) is 0 Å². The fourth-order valence-electron chi connectivity index (χ4n) is 9.53. The van der Waals surface area contributed by atoms with Crippen LogP contribution in [0.25, 0.3) is 113 Å². The van der Waals surface area contributed by atoms with Gasteiger partial charge in [-0.15, -0.1) is 22.7 Å². The standard InChI is InChI=1S/C58H39N3S2/c1-3-18-36(4-2)45-33-40(58-59-47(38-21-10-6-11-22-38)35-48(60-58)39-23-12-7-13-24-39)34-46(37-19-8-5-9-20-37)55(45)61-49-27-16-14-25-43(49)53-50(61)31-29-41-42-30-32-52-54(57(42)63-56(41)53)44-26-15-17-28-51(44)62-52/h3-6,8-12,14-35H,1-2,7,13H2/b36-18+. The van der Waals surface area contributed by atoms with Crippen molar-refractivity contribution in [2.75, 3.05) is 0 Å². The van der Waals surface area contributed by atoms with E-state index in [4.69, 9.17) is 9.97 Å². The Morgan fingerprint density at radius 1 is 0.571 bits per heavy atom. The molecule has 11 aromatic rings. The van der Waals surface area contributed by atoms with E-state index in [1.54, 1.807) is 0 Å². The second kappa shape index (κ2) is 15.2. The van der Waals surface area contributed by atoms with E-state index in [-0.39, 0.29) is 0 Å². The van der Waals surface area contributed by atoms with Gasteiger partial charge in [-0.2, -0.15) is 0 Å². The van der Waals surface area contributed by atoms with E-state index in [2.05, 4.69) is 188 Å². The molecule has 298 valence electrons. The molecule has 4 aromatic heterocycles. The monoisotopic (exact) mass is 841 g/mol. The van der Waals surface area contributed by atoms with Gasteiger partial charge in [0.2, 0.25) is 0 Å². The van der Waals surface area contributed by atoms with Crippen molar-refractivity contribution in [3.05, 3.63) is 213 Å². The third-order valence-electron chi connectivity index (χ3n) is 12.4. The van der Waals surface area contributed by atoms with Crippen molar-refractivity contribution in [2.45, 2.75) is 12.8 Å². The number of hydrogen-bond acceptors (Lipinski definition) is 4. The number of thiophene rings is 2. The van der Waals surface area contributed by atoms with Crippen LogP contribution in [0.3, 0.4) is 0 Å². The average Bonchev–Trinajstić information content (AvgIpc) is 4.03. The molecule has 0 saturated heterocycles.